The topological polar surface area (TPSA) is 75.4 Å². The van der Waals surface area contributed by atoms with Gasteiger partial charge in [-0.25, -0.2) is 0 Å². The fourth-order valence-electron chi connectivity index (χ4n) is 4.06. The van der Waals surface area contributed by atoms with Gasteiger partial charge in [-0.2, -0.15) is 0 Å². The van der Waals surface area contributed by atoms with Crippen LogP contribution in [-0.2, 0) is 17.8 Å². The number of amides is 2. The summed E-state index contributed by atoms with van der Waals surface area (Å²) < 4.78 is 5.40. The van der Waals surface area contributed by atoms with Crippen molar-refractivity contribution < 1.29 is 14.1 Å². The Hall–Kier alpha value is -2.63. The summed E-state index contributed by atoms with van der Waals surface area (Å²) in [5.74, 6) is 1.48. The highest BCUT2D eigenvalue weighted by atomic mass is 16.5. The van der Waals surface area contributed by atoms with Crippen LogP contribution in [0.1, 0.15) is 74.2 Å². The molecule has 1 aliphatic rings. The fraction of sp³-hybridized carbons (Fsp3) is 0.560. The molecule has 2 amide bonds. The Kier molecular flexibility index (Phi) is 8.68. The first-order valence-corrected chi connectivity index (χ1v) is 11.6. The zero-order chi connectivity index (χ0) is 22.1. The quantitative estimate of drug-likeness (QED) is 0.571. The van der Waals surface area contributed by atoms with Crippen LogP contribution in [0.2, 0.25) is 0 Å². The van der Waals surface area contributed by atoms with Crippen molar-refractivity contribution >= 4 is 11.8 Å². The third kappa shape index (κ3) is 7.53. The van der Waals surface area contributed by atoms with Crippen molar-refractivity contribution in [2.75, 3.05) is 13.1 Å². The van der Waals surface area contributed by atoms with Crippen molar-refractivity contribution in [3.8, 4) is 0 Å². The Labute approximate surface area is 185 Å². The summed E-state index contributed by atoms with van der Waals surface area (Å²) >= 11 is 0. The molecule has 6 heteroatoms. The molecule has 0 unspecified atom stereocenters. The van der Waals surface area contributed by atoms with Crippen molar-refractivity contribution in [1.29, 1.82) is 0 Å². The van der Waals surface area contributed by atoms with Gasteiger partial charge in [0.15, 0.2) is 11.5 Å². The molecule has 1 fully saturated rings. The van der Waals surface area contributed by atoms with Crippen LogP contribution >= 0.6 is 0 Å². The van der Waals surface area contributed by atoms with E-state index >= 15 is 0 Å². The second-order valence-corrected chi connectivity index (χ2v) is 9.02. The summed E-state index contributed by atoms with van der Waals surface area (Å²) in [6.07, 6.45) is 7.37. The lowest BCUT2D eigenvalue weighted by Crippen LogP contribution is -2.32. The Bertz CT molecular complexity index is 826. The van der Waals surface area contributed by atoms with E-state index in [1.165, 1.54) is 31.2 Å². The standard InChI is InChI=1S/C25H35N3O3/c1-19(2)17-26-25(30)23-16-22(31-27-23)18-28(15-14-21-8-4-3-5-9-21)24(29)13-12-20-10-6-7-11-20/h3-5,8-9,16,19-20H,6-7,10-15,17-18H2,1-2H3,(H,26,30). The maximum atomic E-state index is 13.0. The van der Waals surface area contributed by atoms with E-state index in [4.69, 9.17) is 4.52 Å². The van der Waals surface area contributed by atoms with E-state index in [0.717, 1.165) is 12.8 Å². The molecule has 0 saturated heterocycles. The number of nitrogens with zero attached hydrogens (tertiary/aromatic N) is 2. The molecule has 0 aliphatic heterocycles. The highest BCUT2D eigenvalue weighted by molar-refractivity contribution is 5.92. The van der Waals surface area contributed by atoms with E-state index in [1.54, 1.807) is 6.07 Å². The SMILES string of the molecule is CC(C)CNC(=O)c1cc(CN(CCc2ccccc2)C(=O)CCC2CCCC2)on1. The van der Waals surface area contributed by atoms with Gasteiger partial charge in [0.1, 0.15) is 0 Å². The van der Waals surface area contributed by atoms with Crippen LogP contribution in [0.25, 0.3) is 0 Å². The van der Waals surface area contributed by atoms with Crippen molar-refractivity contribution in [3.05, 3.63) is 53.4 Å². The molecule has 6 nitrogen and oxygen atoms in total. The van der Waals surface area contributed by atoms with Gasteiger partial charge in [0.05, 0.1) is 6.54 Å². The Morgan fingerprint density at radius 1 is 1.19 bits per heavy atom. The molecule has 1 aromatic heterocycles. The Balaban J connectivity index is 1.61. The number of hydrogen-bond acceptors (Lipinski definition) is 4. The average Bonchev–Trinajstić information content (AvgIpc) is 3.46. The van der Waals surface area contributed by atoms with Crippen molar-refractivity contribution in [2.45, 2.75) is 65.3 Å². The summed E-state index contributed by atoms with van der Waals surface area (Å²) in [5.41, 5.74) is 1.46. The van der Waals surface area contributed by atoms with Gasteiger partial charge in [-0.1, -0.05) is 75.0 Å². The molecule has 1 heterocycles. The average molecular weight is 426 g/mol. The molecule has 1 saturated carbocycles. The minimum absolute atomic E-state index is 0.144. The van der Waals surface area contributed by atoms with Crippen molar-refractivity contribution in [3.63, 3.8) is 0 Å². The van der Waals surface area contributed by atoms with Crippen LogP contribution in [-0.4, -0.2) is 35.0 Å². The predicted molar refractivity (Wildman–Crippen MR) is 120 cm³/mol. The zero-order valence-corrected chi connectivity index (χ0v) is 18.8. The van der Waals surface area contributed by atoms with Gasteiger partial charge in [-0.3, -0.25) is 9.59 Å². The highest BCUT2D eigenvalue weighted by Crippen LogP contribution is 2.28. The van der Waals surface area contributed by atoms with E-state index in [-0.39, 0.29) is 17.5 Å². The fourth-order valence-corrected chi connectivity index (χ4v) is 4.06. The van der Waals surface area contributed by atoms with Crippen LogP contribution in [0.4, 0.5) is 0 Å². The number of nitrogens with one attached hydrogen (secondary N) is 1. The maximum Gasteiger partial charge on any atom is 0.273 e. The monoisotopic (exact) mass is 425 g/mol. The molecule has 1 aliphatic carbocycles. The molecular formula is C25H35N3O3. The van der Waals surface area contributed by atoms with Gasteiger partial charge in [0.25, 0.3) is 5.91 Å². The van der Waals surface area contributed by atoms with Gasteiger partial charge in [0, 0.05) is 25.6 Å². The first-order chi connectivity index (χ1) is 15.0. The van der Waals surface area contributed by atoms with Crippen molar-refractivity contribution in [1.82, 2.24) is 15.4 Å². The summed E-state index contributed by atoms with van der Waals surface area (Å²) in [4.78, 5) is 27.1. The number of rotatable bonds is 11. The molecule has 3 rings (SSSR count). The maximum absolute atomic E-state index is 13.0. The number of carbonyl (C=O) groups excluding carboxylic acids is 2. The first kappa shape index (κ1) is 23.0. The molecule has 168 valence electrons. The zero-order valence-electron chi connectivity index (χ0n) is 18.8. The molecule has 0 spiro atoms. The molecule has 31 heavy (non-hydrogen) atoms. The van der Waals surface area contributed by atoms with Gasteiger partial charge in [-0.15, -0.1) is 0 Å². The second-order valence-electron chi connectivity index (χ2n) is 9.02. The predicted octanol–water partition coefficient (Wildman–Crippen LogP) is 4.60. The second kappa shape index (κ2) is 11.7. The molecule has 0 radical (unpaired) electrons. The lowest BCUT2D eigenvalue weighted by atomic mass is 10.0. The van der Waals surface area contributed by atoms with E-state index in [2.05, 4.69) is 22.6 Å². The Morgan fingerprint density at radius 2 is 1.94 bits per heavy atom. The highest BCUT2D eigenvalue weighted by Gasteiger charge is 2.21. The number of carbonyl (C=O) groups is 2. The third-order valence-corrected chi connectivity index (χ3v) is 5.92. The normalized spacial score (nSPS) is 14.2. The lowest BCUT2D eigenvalue weighted by Gasteiger charge is -2.22. The van der Waals surface area contributed by atoms with Gasteiger partial charge in [-0.05, 0) is 30.2 Å². The van der Waals surface area contributed by atoms with Gasteiger partial charge in [0.2, 0.25) is 5.91 Å². The molecule has 0 bridgehead atoms. The molecule has 1 N–H and O–H groups in total. The number of benzene rings is 1. The van der Waals surface area contributed by atoms with E-state index in [1.807, 2.05) is 36.9 Å². The largest absolute Gasteiger partial charge is 0.359 e. The van der Waals surface area contributed by atoms with Gasteiger partial charge >= 0.3 is 0 Å². The minimum Gasteiger partial charge on any atom is -0.359 e. The van der Waals surface area contributed by atoms with Crippen molar-refractivity contribution in [2.24, 2.45) is 11.8 Å². The summed E-state index contributed by atoms with van der Waals surface area (Å²) in [6, 6.07) is 11.8. The number of hydrogen-bond donors (Lipinski definition) is 1. The van der Waals surface area contributed by atoms with Crippen LogP contribution in [0.3, 0.4) is 0 Å². The summed E-state index contributed by atoms with van der Waals surface area (Å²) in [6.45, 7) is 5.61. The molecular weight excluding hydrogens is 390 g/mol. The summed E-state index contributed by atoms with van der Waals surface area (Å²) in [5, 5.41) is 6.75. The van der Waals surface area contributed by atoms with Crippen LogP contribution in [0.5, 0.6) is 0 Å². The van der Waals surface area contributed by atoms with E-state index in [9.17, 15) is 9.59 Å². The third-order valence-electron chi connectivity index (χ3n) is 5.92. The molecule has 0 atom stereocenters. The first-order valence-electron chi connectivity index (χ1n) is 11.6. The minimum atomic E-state index is -0.243. The van der Waals surface area contributed by atoms with Crippen LogP contribution in [0.15, 0.2) is 40.9 Å². The summed E-state index contributed by atoms with van der Waals surface area (Å²) in [7, 11) is 0. The smallest absolute Gasteiger partial charge is 0.273 e. The van der Waals surface area contributed by atoms with Gasteiger partial charge < -0.3 is 14.7 Å². The molecule has 2 aromatic rings. The van der Waals surface area contributed by atoms with E-state index < -0.39 is 0 Å². The Morgan fingerprint density at radius 3 is 2.65 bits per heavy atom. The van der Waals surface area contributed by atoms with Crippen LogP contribution < -0.4 is 5.32 Å². The van der Waals surface area contributed by atoms with E-state index in [0.29, 0.717) is 43.7 Å². The van der Waals surface area contributed by atoms with Crippen LogP contribution in [0, 0.1) is 11.8 Å². The number of aromatic nitrogens is 1. The molecule has 1 aromatic carbocycles. The lowest BCUT2D eigenvalue weighted by molar-refractivity contribution is -0.132.